The van der Waals surface area contributed by atoms with Crippen LogP contribution in [-0.2, 0) is 19.3 Å². The summed E-state index contributed by atoms with van der Waals surface area (Å²) in [5.74, 6) is 0.601. The standard InChI is InChI=1S/C21H24F3N3O/c1-3-4-10-27(2)13-20-18-12-17(8-9-19(18)25-26-20)28-14-15-6-5-7-16(11-15)21(22,23)24/h5-9,11-12H,3-4,10,13-14H2,1-2H3,(H,25,26). The zero-order valence-electron chi connectivity index (χ0n) is 16.0. The Morgan fingerprint density at radius 3 is 2.71 bits per heavy atom. The Morgan fingerprint density at radius 1 is 1.14 bits per heavy atom. The van der Waals surface area contributed by atoms with Gasteiger partial charge in [0.2, 0.25) is 0 Å². The van der Waals surface area contributed by atoms with Crippen molar-refractivity contribution in [2.24, 2.45) is 0 Å². The SMILES string of the molecule is CCCCN(C)Cc1[nH]nc2ccc(OCc3cccc(C(F)(F)F)c3)cc12. The molecule has 0 aliphatic rings. The maximum atomic E-state index is 12.8. The number of fused-ring (bicyclic) bond motifs is 1. The first-order valence-corrected chi connectivity index (χ1v) is 9.31. The summed E-state index contributed by atoms with van der Waals surface area (Å²) >= 11 is 0. The summed E-state index contributed by atoms with van der Waals surface area (Å²) in [5, 5.41) is 8.35. The Bertz CT molecular complexity index is 921. The van der Waals surface area contributed by atoms with Gasteiger partial charge in [-0.25, -0.2) is 0 Å². The highest BCUT2D eigenvalue weighted by atomic mass is 19.4. The molecule has 0 atom stereocenters. The van der Waals surface area contributed by atoms with Crippen LogP contribution in [0.4, 0.5) is 13.2 Å². The van der Waals surface area contributed by atoms with Gasteiger partial charge in [-0.3, -0.25) is 5.10 Å². The van der Waals surface area contributed by atoms with Crippen molar-refractivity contribution in [1.82, 2.24) is 15.1 Å². The number of alkyl halides is 3. The summed E-state index contributed by atoms with van der Waals surface area (Å²) in [6.07, 6.45) is -2.08. The van der Waals surface area contributed by atoms with Crippen molar-refractivity contribution in [3.63, 3.8) is 0 Å². The number of aromatic nitrogens is 2. The van der Waals surface area contributed by atoms with E-state index in [4.69, 9.17) is 4.74 Å². The van der Waals surface area contributed by atoms with Crippen LogP contribution < -0.4 is 4.74 Å². The monoisotopic (exact) mass is 391 g/mol. The van der Waals surface area contributed by atoms with Gasteiger partial charge in [-0.1, -0.05) is 25.5 Å². The molecular weight excluding hydrogens is 367 g/mol. The van der Waals surface area contributed by atoms with Crippen LogP contribution in [0.25, 0.3) is 10.9 Å². The lowest BCUT2D eigenvalue weighted by Gasteiger charge is -2.15. The molecule has 1 aromatic heterocycles. The minimum absolute atomic E-state index is 0.0685. The third-order valence-electron chi connectivity index (χ3n) is 4.59. The molecule has 4 nitrogen and oxygen atoms in total. The molecule has 7 heteroatoms. The minimum Gasteiger partial charge on any atom is -0.489 e. The van der Waals surface area contributed by atoms with Crippen molar-refractivity contribution in [2.45, 2.75) is 39.1 Å². The minimum atomic E-state index is -4.36. The van der Waals surface area contributed by atoms with Crippen LogP contribution in [0, 0.1) is 0 Å². The molecule has 28 heavy (non-hydrogen) atoms. The van der Waals surface area contributed by atoms with E-state index in [9.17, 15) is 13.2 Å². The number of benzene rings is 2. The van der Waals surface area contributed by atoms with Crippen molar-refractivity contribution in [3.8, 4) is 5.75 Å². The molecule has 0 aliphatic carbocycles. The molecule has 1 heterocycles. The first kappa shape index (κ1) is 20.2. The average Bonchev–Trinajstić information content (AvgIpc) is 3.06. The molecule has 0 unspecified atom stereocenters. The molecule has 0 saturated carbocycles. The second-order valence-corrected chi connectivity index (χ2v) is 6.96. The number of aromatic amines is 1. The lowest BCUT2D eigenvalue weighted by Crippen LogP contribution is -2.19. The highest BCUT2D eigenvalue weighted by Crippen LogP contribution is 2.30. The Labute approximate surface area is 162 Å². The molecule has 0 fully saturated rings. The van der Waals surface area contributed by atoms with E-state index in [0.717, 1.165) is 54.7 Å². The number of nitrogens with zero attached hydrogens (tertiary/aromatic N) is 2. The predicted molar refractivity (Wildman–Crippen MR) is 103 cm³/mol. The molecule has 1 N–H and O–H groups in total. The van der Waals surface area contributed by atoms with E-state index in [1.807, 2.05) is 12.1 Å². The fraction of sp³-hybridized carbons (Fsp3) is 0.381. The lowest BCUT2D eigenvalue weighted by molar-refractivity contribution is -0.137. The van der Waals surface area contributed by atoms with Crippen molar-refractivity contribution in [2.75, 3.05) is 13.6 Å². The van der Waals surface area contributed by atoms with Crippen LogP contribution in [0.3, 0.4) is 0 Å². The molecule has 3 rings (SSSR count). The van der Waals surface area contributed by atoms with Crippen molar-refractivity contribution in [3.05, 3.63) is 59.3 Å². The molecule has 0 spiro atoms. The number of hydrogen-bond donors (Lipinski definition) is 1. The first-order valence-electron chi connectivity index (χ1n) is 9.31. The highest BCUT2D eigenvalue weighted by Gasteiger charge is 2.30. The fourth-order valence-corrected chi connectivity index (χ4v) is 3.03. The van der Waals surface area contributed by atoms with E-state index >= 15 is 0 Å². The molecule has 0 bridgehead atoms. The Hall–Kier alpha value is -2.54. The van der Waals surface area contributed by atoms with Crippen LogP contribution in [-0.4, -0.2) is 28.7 Å². The van der Waals surface area contributed by atoms with Crippen LogP contribution in [0.15, 0.2) is 42.5 Å². The van der Waals surface area contributed by atoms with Crippen molar-refractivity contribution < 1.29 is 17.9 Å². The van der Waals surface area contributed by atoms with Crippen molar-refractivity contribution in [1.29, 1.82) is 0 Å². The summed E-state index contributed by atoms with van der Waals surface area (Å²) in [7, 11) is 2.07. The third kappa shape index (κ3) is 5.04. The molecule has 0 radical (unpaired) electrons. The topological polar surface area (TPSA) is 41.2 Å². The van der Waals surface area contributed by atoms with Crippen molar-refractivity contribution >= 4 is 10.9 Å². The van der Waals surface area contributed by atoms with Gasteiger partial charge < -0.3 is 9.64 Å². The van der Waals surface area contributed by atoms with Crippen LogP contribution in [0.2, 0.25) is 0 Å². The van der Waals surface area contributed by atoms with Gasteiger partial charge in [0.05, 0.1) is 16.8 Å². The van der Waals surface area contributed by atoms with E-state index in [0.29, 0.717) is 11.3 Å². The maximum absolute atomic E-state index is 12.8. The summed E-state index contributed by atoms with van der Waals surface area (Å²) in [6.45, 7) is 3.97. The van der Waals surface area contributed by atoms with Gasteiger partial charge in [-0.05, 0) is 55.9 Å². The Balaban J connectivity index is 1.71. The second kappa shape index (κ2) is 8.65. The number of H-pyrrole nitrogens is 1. The van der Waals surface area contributed by atoms with Gasteiger partial charge in [-0.2, -0.15) is 18.3 Å². The van der Waals surface area contributed by atoms with Gasteiger partial charge >= 0.3 is 6.18 Å². The number of rotatable bonds is 8. The second-order valence-electron chi connectivity index (χ2n) is 6.96. The van der Waals surface area contributed by atoms with E-state index in [-0.39, 0.29) is 6.61 Å². The largest absolute Gasteiger partial charge is 0.489 e. The zero-order valence-corrected chi connectivity index (χ0v) is 16.0. The van der Waals surface area contributed by atoms with Gasteiger partial charge in [0, 0.05) is 11.9 Å². The van der Waals surface area contributed by atoms with E-state index in [2.05, 4.69) is 29.1 Å². The molecule has 2 aromatic carbocycles. The quantitative estimate of drug-likeness (QED) is 0.560. The Kier molecular flexibility index (Phi) is 6.24. The predicted octanol–water partition coefficient (Wildman–Crippen LogP) is 5.39. The molecule has 0 aliphatic heterocycles. The number of hydrogen-bond acceptors (Lipinski definition) is 3. The van der Waals surface area contributed by atoms with Crippen LogP contribution in [0.1, 0.15) is 36.6 Å². The van der Waals surface area contributed by atoms with Crippen LogP contribution in [0.5, 0.6) is 5.75 Å². The average molecular weight is 391 g/mol. The van der Waals surface area contributed by atoms with Gasteiger partial charge in [-0.15, -0.1) is 0 Å². The number of unbranched alkanes of at least 4 members (excludes halogenated alkanes) is 1. The molecule has 3 aromatic rings. The van der Waals surface area contributed by atoms with E-state index in [1.165, 1.54) is 6.07 Å². The summed E-state index contributed by atoms with van der Waals surface area (Å²) in [6, 6.07) is 10.7. The molecule has 0 amide bonds. The Morgan fingerprint density at radius 2 is 1.96 bits per heavy atom. The normalized spacial score (nSPS) is 12.1. The van der Waals surface area contributed by atoms with Crippen LogP contribution >= 0.6 is 0 Å². The third-order valence-corrected chi connectivity index (χ3v) is 4.59. The van der Waals surface area contributed by atoms with Gasteiger partial charge in [0.15, 0.2) is 0 Å². The smallest absolute Gasteiger partial charge is 0.416 e. The summed E-state index contributed by atoms with van der Waals surface area (Å²) in [4.78, 5) is 2.23. The molecular formula is C21H24F3N3O. The first-order chi connectivity index (χ1) is 13.4. The number of halogens is 3. The maximum Gasteiger partial charge on any atom is 0.416 e. The lowest BCUT2D eigenvalue weighted by atomic mass is 10.1. The summed E-state index contributed by atoms with van der Waals surface area (Å²) < 4.78 is 44.3. The zero-order chi connectivity index (χ0) is 20.1. The van der Waals surface area contributed by atoms with E-state index < -0.39 is 11.7 Å². The number of ether oxygens (including phenoxy) is 1. The number of nitrogens with one attached hydrogen (secondary N) is 1. The summed E-state index contributed by atoms with van der Waals surface area (Å²) in [5.41, 5.74) is 1.64. The van der Waals surface area contributed by atoms with E-state index in [1.54, 1.807) is 12.1 Å². The highest BCUT2D eigenvalue weighted by molar-refractivity contribution is 5.82. The van der Waals surface area contributed by atoms with Gasteiger partial charge in [0.1, 0.15) is 12.4 Å². The van der Waals surface area contributed by atoms with Gasteiger partial charge in [0.25, 0.3) is 0 Å². The molecule has 150 valence electrons. The molecule has 0 saturated heterocycles. The fourth-order valence-electron chi connectivity index (χ4n) is 3.03.